The first-order valence-corrected chi connectivity index (χ1v) is 8.79. The number of amides is 3. The Hall–Kier alpha value is -2.16. The predicted octanol–water partition coefficient (Wildman–Crippen LogP) is 1.11. The summed E-state index contributed by atoms with van der Waals surface area (Å²) >= 11 is 0. The van der Waals surface area contributed by atoms with Gasteiger partial charge in [0.2, 0.25) is 5.91 Å². The Kier molecular flexibility index (Phi) is 6.22. The Morgan fingerprint density at radius 2 is 2.04 bits per heavy atom. The van der Waals surface area contributed by atoms with Crippen LogP contribution in [-0.2, 0) is 9.59 Å². The van der Waals surface area contributed by atoms with Crippen LogP contribution < -0.4 is 11.1 Å². The molecule has 1 fully saturated rings. The molecule has 142 valence electrons. The molecule has 1 aliphatic rings. The highest BCUT2D eigenvalue weighted by molar-refractivity contribution is 5.97. The lowest BCUT2D eigenvalue weighted by Gasteiger charge is -2.46. The molecule has 8 nitrogen and oxygen atoms in total. The van der Waals surface area contributed by atoms with Crippen molar-refractivity contribution >= 4 is 17.7 Å². The lowest BCUT2D eigenvalue weighted by Crippen LogP contribution is -2.63. The molecule has 1 saturated heterocycles. The van der Waals surface area contributed by atoms with E-state index in [4.69, 9.17) is 5.73 Å². The zero-order valence-corrected chi connectivity index (χ0v) is 15.2. The number of carbonyl (C=O) groups excluding carboxylic acids is 3. The summed E-state index contributed by atoms with van der Waals surface area (Å²) in [6.07, 6.45) is 2.62. The van der Waals surface area contributed by atoms with E-state index in [1.165, 1.54) is 26.1 Å². The monoisotopic (exact) mass is 362 g/mol. The van der Waals surface area contributed by atoms with Crippen molar-refractivity contribution in [1.82, 2.24) is 10.3 Å². The molecule has 0 radical (unpaired) electrons. The van der Waals surface area contributed by atoms with Gasteiger partial charge in [-0.15, -0.1) is 0 Å². The zero-order chi connectivity index (χ0) is 19.4. The van der Waals surface area contributed by atoms with E-state index in [1.807, 2.05) is 0 Å². The highest BCUT2D eigenvalue weighted by atomic mass is 16.6. The van der Waals surface area contributed by atoms with Gasteiger partial charge in [-0.25, -0.2) is 19.2 Å². The molecule has 0 spiro atoms. The van der Waals surface area contributed by atoms with E-state index >= 15 is 0 Å². The fraction of sp³-hybridized carbons (Fsp3) is 0.556. The molecular formula is C18H26N4O4. The summed E-state index contributed by atoms with van der Waals surface area (Å²) in [6.45, 7) is 4.23. The standard InChI is InChI=1S/C18H26N4O4/c1-18(2,12-15(19)23)17(25)22(26,13-6-5-9-20-11-8-13)16(24)14-7-3-4-10-21-14/h3-4,7,10,13,20H,5-6,8-9,11-12H2,1-2H3,(H2,19,23). The average Bonchev–Trinajstić information content (AvgIpc) is 2.89. The summed E-state index contributed by atoms with van der Waals surface area (Å²) in [6, 6.07) is 3.93. The zero-order valence-electron chi connectivity index (χ0n) is 15.2. The van der Waals surface area contributed by atoms with Crippen molar-refractivity contribution in [2.75, 3.05) is 13.1 Å². The van der Waals surface area contributed by atoms with Crippen LogP contribution in [-0.4, -0.2) is 46.5 Å². The summed E-state index contributed by atoms with van der Waals surface area (Å²) in [5, 5.41) is 17.0. The maximum atomic E-state index is 13.9. The minimum Gasteiger partial charge on any atom is -0.617 e. The Labute approximate surface area is 152 Å². The van der Waals surface area contributed by atoms with Crippen molar-refractivity contribution in [3.05, 3.63) is 35.3 Å². The molecule has 3 amide bonds. The van der Waals surface area contributed by atoms with Gasteiger partial charge in [0.05, 0.1) is 5.41 Å². The Morgan fingerprint density at radius 3 is 2.65 bits per heavy atom. The molecule has 0 aliphatic carbocycles. The molecular weight excluding hydrogens is 336 g/mol. The van der Waals surface area contributed by atoms with Gasteiger partial charge in [-0.2, -0.15) is 0 Å². The van der Waals surface area contributed by atoms with Gasteiger partial charge >= 0.3 is 11.8 Å². The van der Waals surface area contributed by atoms with Gasteiger partial charge in [0.15, 0.2) is 5.69 Å². The second-order valence-electron chi connectivity index (χ2n) is 7.34. The summed E-state index contributed by atoms with van der Waals surface area (Å²) in [4.78, 5) is 41.7. The Morgan fingerprint density at radius 1 is 1.31 bits per heavy atom. The number of hydroxylamine groups is 3. The second-order valence-corrected chi connectivity index (χ2v) is 7.34. The molecule has 8 heteroatoms. The molecule has 1 aliphatic heterocycles. The lowest BCUT2D eigenvalue weighted by atomic mass is 9.85. The number of aromatic nitrogens is 1. The van der Waals surface area contributed by atoms with Crippen LogP contribution in [0.5, 0.6) is 0 Å². The summed E-state index contributed by atoms with van der Waals surface area (Å²) < 4.78 is -1.64. The van der Waals surface area contributed by atoms with Gasteiger partial charge in [-0.1, -0.05) is 6.07 Å². The Bertz CT molecular complexity index is 669. The maximum Gasteiger partial charge on any atom is 0.371 e. The van der Waals surface area contributed by atoms with Gasteiger partial charge < -0.3 is 16.3 Å². The molecule has 1 aromatic heterocycles. The van der Waals surface area contributed by atoms with Crippen LogP contribution in [0.3, 0.4) is 0 Å². The van der Waals surface area contributed by atoms with E-state index in [0.717, 1.165) is 6.54 Å². The number of rotatable bonds is 5. The fourth-order valence-corrected chi connectivity index (χ4v) is 3.41. The van der Waals surface area contributed by atoms with Gasteiger partial charge in [0, 0.05) is 32.0 Å². The van der Waals surface area contributed by atoms with Gasteiger partial charge in [-0.05, 0) is 38.9 Å². The number of nitrogens with two attached hydrogens (primary N) is 1. The smallest absolute Gasteiger partial charge is 0.371 e. The number of nitrogens with one attached hydrogen (secondary N) is 1. The second kappa shape index (κ2) is 8.03. The molecule has 3 N–H and O–H groups in total. The van der Waals surface area contributed by atoms with Crippen molar-refractivity contribution in [1.29, 1.82) is 0 Å². The average molecular weight is 362 g/mol. The number of nitrogens with zero attached hydrogens (tertiary/aromatic N) is 2. The van der Waals surface area contributed by atoms with E-state index in [9.17, 15) is 19.6 Å². The van der Waals surface area contributed by atoms with Crippen LogP contribution in [0, 0.1) is 10.6 Å². The fourth-order valence-electron chi connectivity index (χ4n) is 3.41. The van der Waals surface area contributed by atoms with E-state index in [-0.39, 0.29) is 12.1 Å². The number of carbonyl (C=O) groups is 3. The molecule has 2 atom stereocenters. The SMILES string of the molecule is CC(C)(CC(N)=O)C(=O)[N+]([O-])(C(=O)c1ccccn1)C1CCCNCC1. The summed E-state index contributed by atoms with van der Waals surface area (Å²) in [5.74, 6) is -2.43. The topological polar surface area (TPSA) is 125 Å². The lowest BCUT2D eigenvalue weighted by molar-refractivity contribution is -0.753. The molecule has 0 saturated carbocycles. The van der Waals surface area contributed by atoms with Gasteiger partial charge in [-0.3, -0.25) is 4.79 Å². The number of hydrogen-bond donors (Lipinski definition) is 2. The minimum absolute atomic E-state index is 0.0528. The molecule has 0 bridgehead atoms. The molecule has 2 unspecified atom stereocenters. The number of hydrogen-bond acceptors (Lipinski definition) is 6. The van der Waals surface area contributed by atoms with E-state index in [2.05, 4.69) is 10.3 Å². The summed E-state index contributed by atoms with van der Waals surface area (Å²) in [5.41, 5.74) is 3.84. The number of quaternary nitrogens is 1. The van der Waals surface area contributed by atoms with Crippen LogP contribution in [0.2, 0.25) is 0 Å². The minimum atomic E-state index is -1.64. The van der Waals surface area contributed by atoms with Crippen LogP contribution in [0.1, 0.15) is 50.0 Å². The van der Waals surface area contributed by atoms with Crippen LogP contribution in [0.25, 0.3) is 0 Å². The number of pyridine rings is 1. The third-order valence-corrected chi connectivity index (χ3v) is 4.74. The van der Waals surface area contributed by atoms with Gasteiger partial charge in [0.1, 0.15) is 6.04 Å². The van der Waals surface area contributed by atoms with Crippen molar-refractivity contribution in [2.24, 2.45) is 11.1 Å². The van der Waals surface area contributed by atoms with Gasteiger partial charge in [0.25, 0.3) is 0 Å². The molecule has 2 rings (SSSR count). The Balaban J connectivity index is 2.48. The van der Waals surface area contributed by atoms with Crippen molar-refractivity contribution in [3.63, 3.8) is 0 Å². The molecule has 2 heterocycles. The van der Waals surface area contributed by atoms with E-state index in [0.29, 0.717) is 25.8 Å². The molecule has 26 heavy (non-hydrogen) atoms. The van der Waals surface area contributed by atoms with Crippen molar-refractivity contribution in [2.45, 2.75) is 45.6 Å². The first kappa shape index (κ1) is 20.2. The summed E-state index contributed by atoms with van der Waals surface area (Å²) in [7, 11) is 0. The first-order chi connectivity index (χ1) is 12.2. The quantitative estimate of drug-likeness (QED) is 0.597. The third kappa shape index (κ3) is 4.14. The predicted molar refractivity (Wildman–Crippen MR) is 95.3 cm³/mol. The van der Waals surface area contributed by atoms with Crippen molar-refractivity contribution < 1.29 is 19.0 Å². The number of imide groups is 1. The van der Waals surface area contributed by atoms with E-state index < -0.39 is 33.8 Å². The largest absolute Gasteiger partial charge is 0.617 e. The van der Waals surface area contributed by atoms with Crippen molar-refractivity contribution in [3.8, 4) is 0 Å². The van der Waals surface area contributed by atoms with Crippen LogP contribution >= 0.6 is 0 Å². The van der Waals surface area contributed by atoms with E-state index in [1.54, 1.807) is 12.1 Å². The van der Waals surface area contributed by atoms with Crippen LogP contribution in [0.15, 0.2) is 24.4 Å². The molecule has 1 aromatic rings. The first-order valence-electron chi connectivity index (χ1n) is 8.79. The molecule has 0 aromatic carbocycles. The highest BCUT2D eigenvalue weighted by Gasteiger charge is 2.51. The third-order valence-electron chi connectivity index (χ3n) is 4.74. The normalized spacial score (nSPS) is 20.7. The highest BCUT2D eigenvalue weighted by Crippen LogP contribution is 2.33. The van der Waals surface area contributed by atoms with Crippen LogP contribution in [0.4, 0.5) is 0 Å². The number of primary amides is 1. The maximum absolute atomic E-state index is 13.9.